The maximum absolute atomic E-state index is 11.6. The van der Waals surface area contributed by atoms with Crippen LogP contribution in [-0.4, -0.2) is 26.2 Å². The summed E-state index contributed by atoms with van der Waals surface area (Å²) in [6.07, 6.45) is 0. The van der Waals surface area contributed by atoms with Crippen molar-refractivity contribution in [3.63, 3.8) is 0 Å². The number of nitrogens with zero attached hydrogens (tertiary/aromatic N) is 1. The van der Waals surface area contributed by atoms with E-state index in [2.05, 4.69) is 0 Å². The Labute approximate surface area is 102 Å². The number of hydrogen-bond acceptors (Lipinski definition) is 3. The third-order valence-corrected chi connectivity index (χ3v) is 2.50. The predicted octanol–water partition coefficient (Wildman–Crippen LogP) is 2.47. The number of anilines is 1. The molecule has 94 valence electrons. The molecule has 0 aliphatic carbocycles. The monoisotopic (exact) mass is 237 g/mol. The van der Waals surface area contributed by atoms with E-state index >= 15 is 0 Å². The highest BCUT2D eigenvalue weighted by atomic mass is 16.5. The summed E-state index contributed by atoms with van der Waals surface area (Å²) in [6.45, 7) is 5.49. The number of benzene rings is 1. The molecule has 4 heteroatoms. The Morgan fingerprint density at radius 1 is 1.18 bits per heavy atom. The molecule has 0 aliphatic heterocycles. The lowest BCUT2D eigenvalue weighted by Crippen LogP contribution is -2.35. The van der Waals surface area contributed by atoms with E-state index in [1.54, 1.807) is 38.2 Å². The van der Waals surface area contributed by atoms with Crippen LogP contribution in [0.5, 0.6) is 11.5 Å². The molecule has 0 heterocycles. The van der Waals surface area contributed by atoms with Crippen LogP contribution < -0.4 is 14.4 Å². The van der Waals surface area contributed by atoms with Gasteiger partial charge in [-0.3, -0.25) is 4.79 Å². The van der Waals surface area contributed by atoms with Gasteiger partial charge in [-0.2, -0.15) is 0 Å². The first-order chi connectivity index (χ1) is 8.01. The first-order valence-electron chi connectivity index (χ1n) is 5.53. The zero-order valence-corrected chi connectivity index (χ0v) is 11.0. The number of ether oxygens (including phenoxy) is 2. The summed E-state index contributed by atoms with van der Waals surface area (Å²) < 4.78 is 10.4. The zero-order valence-electron chi connectivity index (χ0n) is 11.0. The van der Waals surface area contributed by atoms with Gasteiger partial charge in [-0.05, 0) is 26.0 Å². The lowest BCUT2D eigenvalue weighted by Gasteiger charge is -2.26. The molecule has 0 saturated carbocycles. The van der Waals surface area contributed by atoms with Crippen LogP contribution in [-0.2, 0) is 4.79 Å². The maximum atomic E-state index is 11.6. The highest BCUT2D eigenvalue weighted by Gasteiger charge is 2.16. The molecule has 17 heavy (non-hydrogen) atoms. The molecule has 1 amide bonds. The predicted molar refractivity (Wildman–Crippen MR) is 67.8 cm³/mol. The third kappa shape index (κ3) is 2.90. The van der Waals surface area contributed by atoms with Gasteiger partial charge in [0.05, 0.1) is 14.2 Å². The van der Waals surface area contributed by atoms with E-state index in [9.17, 15) is 4.79 Å². The van der Waals surface area contributed by atoms with Crippen LogP contribution in [0.2, 0.25) is 0 Å². The Hall–Kier alpha value is -1.71. The number of carbonyl (C=O) groups excluding carboxylic acids is 1. The molecule has 0 saturated heterocycles. The minimum Gasteiger partial charge on any atom is -0.493 e. The molecule has 4 nitrogen and oxygen atoms in total. The molecule has 0 radical (unpaired) electrons. The van der Waals surface area contributed by atoms with Crippen molar-refractivity contribution >= 4 is 11.6 Å². The van der Waals surface area contributed by atoms with Crippen molar-refractivity contribution in [2.24, 2.45) is 0 Å². The molecular weight excluding hydrogens is 218 g/mol. The topological polar surface area (TPSA) is 38.8 Å². The van der Waals surface area contributed by atoms with Crippen LogP contribution >= 0.6 is 0 Å². The Balaban J connectivity index is 3.17. The molecule has 0 aromatic heterocycles. The van der Waals surface area contributed by atoms with Crippen molar-refractivity contribution in [3.8, 4) is 11.5 Å². The molecule has 0 spiro atoms. The first-order valence-corrected chi connectivity index (χ1v) is 5.53. The summed E-state index contributed by atoms with van der Waals surface area (Å²) in [5.41, 5.74) is 0.810. The van der Waals surface area contributed by atoms with Gasteiger partial charge in [0.15, 0.2) is 11.5 Å². The van der Waals surface area contributed by atoms with E-state index in [0.717, 1.165) is 5.69 Å². The summed E-state index contributed by atoms with van der Waals surface area (Å²) in [7, 11) is 3.16. The molecule has 1 aromatic carbocycles. The van der Waals surface area contributed by atoms with Crippen LogP contribution in [0, 0.1) is 0 Å². The first kappa shape index (κ1) is 13.4. The number of hydrogen-bond donors (Lipinski definition) is 0. The largest absolute Gasteiger partial charge is 0.493 e. The highest BCUT2D eigenvalue weighted by Crippen LogP contribution is 2.32. The van der Waals surface area contributed by atoms with Gasteiger partial charge in [0.25, 0.3) is 0 Å². The van der Waals surface area contributed by atoms with E-state index in [0.29, 0.717) is 11.5 Å². The summed E-state index contributed by atoms with van der Waals surface area (Å²) in [4.78, 5) is 13.3. The fourth-order valence-electron chi connectivity index (χ4n) is 1.82. The van der Waals surface area contributed by atoms with Crippen LogP contribution in [0.4, 0.5) is 5.69 Å². The quantitative estimate of drug-likeness (QED) is 0.807. The summed E-state index contributed by atoms with van der Waals surface area (Å²) in [5.74, 6) is 1.28. The SMILES string of the molecule is COc1ccc(N(C(C)=O)C(C)C)cc1OC. The number of rotatable bonds is 4. The van der Waals surface area contributed by atoms with Crippen molar-refractivity contribution < 1.29 is 14.3 Å². The molecule has 0 fully saturated rings. The van der Waals surface area contributed by atoms with Gasteiger partial charge in [-0.15, -0.1) is 0 Å². The van der Waals surface area contributed by atoms with E-state index < -0.39 is 0 Å². The molecular formula is C13H19NO3. The van der Waals surface area contributed by atoms with Crippen molar-refractivity contribution in [2.45, 2.75) is 26.8 Å². The molecule has 0 unspecified atom stereocenters. The Kier molecular flexibility index (Phi) is 4.37. The smallest absolute Gasteiger partial charge is 0.224 e. The minimum absolute atomic E-state index is 0.00669. The standard InChI is InChI=1S/C13H19NO3/c1-9(2)14(10(3)15)11-6-7-12(16-4)13(8-11)17-5/h6-9H,1-5H3. The Bertz CT molecular complexity index is 402. The highest BCUT2D eigenvalue weighted by molar-refractivity contribution is 5.92. The lowest BCUT2D eigenvalue weighted by molar-refractivity contribution is -0.116. The molecule has 1 aromatic rings. The Morgan fingerprint density at radius 2 is 1.76 bits per heavy atom. The van der Waals surface area contributed by atoms with Gasteiger partial charge < -0.3 is 14.4 Å². The van der Waals surface area contributed by atoms with Crippen LogP contribution in [0.25, 0.3) is 0 Å². The van der Waals surface area contributed by atoms with Crippen molar-refractivity contribution in [1.82, 2.24) is 0 Å². The van der Waals surface area contributed by atoms with E-state index in [1.807, 2.05) is 19.9 Å². The van der Waals surface area contributed by atoms with E-state index in [-0.39, 0.29) is 11.9 Å². The zero-order chi connectivity index (χ0) is 13.0. The van der Waals surface area contributed by atoms with Crippen LogP contribution in [0.3, 0.4) is 0 Å². The van der Waals surface area contributed by atoms with Crippen molar-refractivity contribution in [1.29, 1.82) is 0 Å². The van der Waals surface area contributed by atoms with Gasteiger partial charge in [-0.1, -0.05) is 0 Å². The number of carbonyl (C=O) groups is 1. The summed E-state index contributed by atoms with van der Waals surface area (Å²) in [5, 5.41) is 0. The summed E-state index contributed by atoms with van der Waals surface area (Å²) in [6, 6.07) is 5.56. The van der Waals surface area contributed by atoms with Gasteiger partial charge in [0.1, 0.15) is 0 Å². The van der Waals surface area contributed by atoms with Gasteiger partial charge in [0.2, 0.25) is 5.91 Å². The van der Waals surface area contributed by atoms with Crippen molar-refractivity contribution in [3.05, 3.63) is 18.2 Å². The molecule has 0 bridgehead atoms. The van der Waals surface area contributed by atoms with Crippen molar-refractivity contribution in [2.75, 3.05) is 19.1 Å². The van der Waals surface area contributed by atoms with E-state index in [1.165, 1.54) is 0 Å². The second-order valence-corrected chi connectivity index (χ2v) is 4.02. The summed E-state index contributed by atoms with van der Waals surface area (Å²) >= 11 is 0. The molecule has 1 rings (SSSR count). The second-order valence-electron chi connectivity index (χ2n) is 4.02. The average Bonchev–Trinajstić information content (AvgIpc) is 2.27. The normalized spacial score (nSPS) is 10.2. The third-order valence-electron chi connectivity index (χ3n) is 2.50. The van der Waals surface area contributed by atoms with E-state index in [4.69, 9.17) is 9.47 Å². The van der Waals surface area contributed by atoms with Crippen LogP contribution in [0.1, 0.15) is 20.8 Å². The number of amides is 1. The molecule has 0 atom stereocenters. The fraction of sp³-hybridized carbons (Fsp3) is 0.462. The molecule has 0 aliphatic rings. The van der Waals surface area contributed by atoms with Gasteiger partial charge >= 0.3 is 0 Å². The Morgan fingerprint density at radius 3 is 2.18 bits per heavy atom. The lowest BCUT2D eigenvalue weighted by atomic mass is 10.2. The fourth-order valence-corrected chi connectivity index (χ4v) is 1.82. The minimum atomic E-state index is 0.00669. The van der Waals surface area contributed by atoms with Gasteiger partial charge in [0, 0.05) is 24.7 Å². The number of methoxy groups -OCH3 is 2. The average molecular weight is 237 g/mol. The van der Waals surface area contributed by atoms with Crippen LogP contribution in [0.15, 0.2) is 18.2 Å². The molecule has 0 N–H and O–H groups in total. The second kappa shape index (κ2) is 5.57. The van der Waals surface area contributed by atoms with Gasteiger partial charge in [-0.25, -0.2) is 0 Å². The maximum Gasteiger partial charge on any atom is 0.224 e.